The smallest absolute Gasteiger partial charge is 0.137 e. The van der Waals surface area contributed by atoms with Gasteiger partial charge in [0, 0.05) is 45.9 Å². The van der Waals surface area contributed by atoms with Gasteiger partial charge in [0.15, 0.2) is 0 Å². The van der Waals surface area contributed by atoms with Crippen LogP contribution in [0.15, 0.2) is 176 Å². The summed E-state index contributed by atoms with van der Waals surface area (Å²) in [6, 6.07) is 62.0. The highest BCUT2D eigenvalue weighted by Gasteiger charge is 2.32. The monoisotopic (exact) mass is 878 g/mol. The van der Waals surface area contributed by atoms with Gasteiger partial charge in [0.25, 0.3) is 0 Å². The van der Waals surface area contributed by atoms with Crippen molar-refractivity contribution in [1.29, 1.82) is 0 Å². The number of aromatic nitrogens is 2. The second-order valence-electron chi connectivity index (χ2n) is 21.2. The fraction of sp³-hybridized carbons (Fsp3) is 0.242. The highest BCUT2D eigenvalue weighted by Crippen LogP contribution is 2.49. The number of para-hydroxylation sites is 1. The molecule has 10 rings (SSSR count). The Hall–Kier alpha value is -7.11. The van der Waals surface area contributed by atoms with Gasteiger partial charge in [0.05, 0.1) is 22.4 Å². The van der Waals surface area contributed by atoms with E-state index in [1.807, 2.05) is 6.20 Å². The van der Waals surface area contributed by atoms with E-state index in [1.165, 1.54) is 50.1 Å². The molecule has 0 spiro atoms. The molecule has 0 saturated carbocycles. The van der Waals surface area contributed by atoms with Gasteiger partial charge in [0.2, 0.25) is 0 Å². The van der Waals surface area contributed by atoms with Crippen molar-refractivity contribution in [2.75, 3.05) is 16.5 Å². The summed E-state index contributed by atoms with van der Waals surface area (Å²) < 4.78 is 9.40. The van der Waals surface area contributed by atoms with Gasteiger partial charge in [-0.05, 0) is 122 Å². The zero-order chi connectivity index (χ0) is 46.8. The molecule has 0 N–H and O–H groups in total. The molecule has 5 heteroatoms. The topological polar surface area (TPSA) is 33.5 Å². The fourth-order valence-electron chi connectivity index (χ4n) is 9.87. The highest BCUT2D eigenvalue weighted by molar-refractivity contribution is 6.09. The molecule has 7 aromatic carbocycles. The normalized spacial score (nSPS) is 13.2. The lowest BCUT2D eigenvalue weighted by Gasteiger charge is -2.28. The summed E-state index contributed by atoms with van der Waals surface area (Å²) >= 11 is 0. The van der Waals surface area contributed by atoms with Gasteiger partial charge in [0.1, 0.15) is 24.0 Å². The average Bonchev–Trinajstić information content (AvgIpc) is 3.87. The Morgan fingerprint density at radius 2 is 1.18 bits per heavy atom. The third-order valence-electron chi connectivity index (χ3n) is 13.9. The number of hydrogen-bond acceptors (Lipinski definition) is 4. The van der Waals surface area contributed by atoms with E-state index in [4.69, 9.17) is 9.72 Å². The number of ether oxygens (including phenoxy) is 1. The third-order valence-corrected chi connectivity index (χ3v) is 13.9. The van der Waals surface area contributed by atoms with Crippen LogP contribution in [-0.2, 0) is 16.2 Å². The van der Waals surface area contributed by atoms with E-state index in [-0.39, 0.29) is 16.2 Å². The molecule has 0 atom stereocenters. The first kappa shape index (κ1) is 43.8. The molecule has 0 radical (unpaired) electrons. The van der Waals surface area contributed by atoms with Crippen molar-refractivity contribution in [3.05, 3.63) is 204 Å². The molecule has 1 aliphatic heterocycles. The number of anilines is 4. The third kappa shape index (κ3) is 8.15. The summed E-state index contributed by atoms with van der Waals surface area (Å²) in [4.78, 5) is 9.89. The quantitative estimate of drug-likeness (QED) is 0.145. The predicted octanol–water partition coefficient (Wildman–Crippen LogP) is 16.9. The lowest BCUT2D eigenvalue weighted by atomic mass is 9.78. The molecule has 0 unspecified atom stereocenters. The van der Waals surface area contributed by atoms with E-state index in [1.54, 1.807) is 0 Å². The molecule has 0 fully saturated rings. The van der Waals surface area contributed by atoms with E-state index < -0.39 is 0 Å². The maximum atomic E-state index is 7.11. The molecule has 1 aliphatic rings. The molecular formula is C62H62N4O. The van der Waals surface area contributed by atoms with Crippen LogP contribution in [0, 0.1) is 0 Å². The van der Waals surface area contributed by atoms with Crippen LogP contribution in [0.3, 0.4) is 0 Å². The van der Waals surface area contributed by atoms with Gasteiger partial charge in [-0.3, -0.25) is 4.57 Å². The second-order valence-corrected chi connectivity index (χ2v) is 21.2. The van der Waals surface area contributed by atoms with Gasteiger partial charge in [-0.1, -0.05) is 160 Å². The largest absolute Gasteiger partial charge is 0.457 e. The van der Waals surface area contributed by atoms with Crippen LogP contribution in [0.2, 0.25) is 0 Å². The van der Waals surface area contributed by atoms with Crippen molar-refractivity contribution in [3.63, 3.8) is 0 Å². The van der Waals surface area contributed by atoms with Crippen molar-refractivity contribution < 1.29 is 4.74 Å². The van der Waals surface area contributed by atoms with E-state index in [0.29, 0.717) is 12.6 Å². The van der Waals surface area contributed by atoms with Gasteiger partial charge >= 0.3 is 0 Å². The number of hydrogen-bond donors (Lipinski definition) is 0. The van der Waals surface area contributed by atoms with Crippen molar-refractivity contribution >= 4 is 44.6 Å². The summed E-state index contributed by atoms with van der Waals surface area (Å²) in [6.07, 6.45) is 1.93. The molecule has 3 heterocycles. The van der Waals surface area contributed by atoms with Crippen LogP contribution < -0.4 is 14.5 Å². The maximum Gasteiger partial charge on any atom is 0.137 e. The van der Waals surface area contributed by atoms with Crippen LogP contribution in [0.1, 0.15) is 103 Å². The van der Waals surface area contributed by atoms with Crippen molar-refractivity contribution in [2.45, 2.75) is 91.4 Å². The van der Waals surface area contributed by atoms with Gasteiger partial charge in [-0.25, -0.2) is 4.98 Å². The maximum absolute atomic E-state index is 7.11. The molecule has 67 heavy (non-hydrogen) atoms. The van der Waals surface area contributed by atoms with Crippen LogP contribution in [0.5, 0.6) is 11.5 Å². The zero-order valence-electron chi connectivity index (χ0n) is 40.7. The molecule has 2 aromatic heterocycles. The Morgan fingerprint density at radius 3 is 1.96 bits per heavy atom. The Bertz CT molecular complexity index is 3290. The minimum Gasteiger partial charge on any atom is -0.457 e. The van der Waals surface area contributed by atoms with E-state index in [9.17, 15) is 0 Å². The van der Waals surface area contributed by atoms with Gasteiger partial charge in [-0.15, -0.1) is 0 Å². The van der Waals surface area contributed by atoms with E-state index in [0.717, 1.165) is 50.7 Å². The Morgan fingerprint density at radius 1 is 0.493 bits per heavy atom. The van der Waals surface area contributed by atoms with E-state index in [2.05, 4.69) is 253 Å². The number of pyridine rings is 1. The molecule has 0 aliphatic carbocycles. The zero-order valence-corrected chi connectivity index (χ0v) is 40.7. The Kier molecular flexibility index (Phi) is 10.9. The van der Waals surface area contributed by atoms with Gasteiger partial charge < -0.3 is 14.5 Å². The number of benzene rings is 7. The molecule has 5 nitrogen and oxygen atoms in total. The summed E-state index contributed by atoms with van der Waals surface area (Å²) in [5.41, 5.74) is 15.3. The molecule has 0 bridgehead atoms. The van der Waals surface area contributed by atoms with Crippen molar-refractivity contribution in [3.8, 4) is 28.4 Å². The van der Waals surface area contributed by atoms with E-state index >= 15 is 0 Å². The molecule has 0 amide bonds. The number of fused-ring (bicyclic) bond motifs is 4. The Labute approximate surface area is 397 Å². The average molecular weight is 879 g/mol. The van der Waals surface area contributed by atoms with Crippen molar-refractivity contribution in [1.82, 2.24) is 9.55 Å². The first-order valence-electron chi connectivity index (χ1n) is 23.8. The fourth-order valence-corrected chi connectivity index (χ4v) is 9.87. The lowest BCUT2D eigenvalue weighted by molar-refractivity contribution is 0.483. The Balaban J connectivity index is 1.11. The summed E-state index contributed by atoms with van der Waals surface area (Å²) in [7, 11) is 0. The lowest BCUT2D eigenvalue weighted by Crippen LogP contribution is -2.25. The molecular weight excluding hydrogens is 817 g/mol. The highest BCUT2D eigenvalue weighted by atomic mass is 16.5. The first-order chi connectivity index (χ1) is 32.0. The van der Waals surface area contributed by atoms with Crippen LogP contribution in [-0.4, -0.2) is 16.2 Å². The molecule has 0 saturated heterocycles. The predicted molar refractivity (Wildman–Crippen MR) is 283 cm³/mol. The van der Waals surface area contributed by atoms with Gasteiger partial charge in [-0.2, -0.15) is 0 Å². The molecule has 336 valence electrons. The number of nitrogens with zero attached hydrogens (tertiary/aromatic N) is 4. The minimum absolute atomic E-state index is 0.0217. The number of rotatable bonds is 9. The SMILES string of the molecule is CC(C)c1ccccc1-c1cc(Oc2ccc3c4ccccc4n(-c4cc(C(C)(C)C)ccn4)c3c2)cc(N2CN(c3cccc(C(C)(C)c4ccccc4)c3)c3ccc(C(C)(C)C)cc32)c1. The molecule has 9 aromatic rings. The minimum atomic E-state index is -0.176. The summed E-state index contributed by atoms with van der Waals surface area (Å²) in [6.45, 7) is 23.5. The summed E-state index contributed by atoms with van der Waals surface area (Å²) in [5, 5.41) is 2.34. The van der Waals surface area contributed by atoms with Crippen LogP contribution >= 0.6 is 0 Å². The first-order valence-corrected chi connectivity index (χ1v) is 23.8. The summed E-state index contributed by atoms with van der Waals surface area (Å²) in [5.74, 6) is 2.77. The van der Waals surface area contributed by atoms with Crippen molar-refractivity contribution in [2.24, 2.45) is 0 Å². The standard InChI is InChI=1S/C62H62N4O/c1-41(2)51-23-14-15-24-52(51)42-33-48(38-50(34-42)67-49-28-29-54-53-25-16-17-26-55(53)66(57(54)39-49)59-37-45(31-32-63-59)61(6,7)8)65-40-64(56-30-27-44(36-58(56)65)60(3,4)5)47-22-18-21-46(35-47)62(9,10)43-19-12-11-13-20-43/h11-39,41H,40H2,1-10H3. The second kappa shape index (κ2) is 16.6. The van der Waals surface area contributed by atoms with Crippen LogP contribution in [0.25, 0.3) is 38.8 Å². The van der Waals surface area contributed by atoms with Crippen LogP contribution in [0.4, 0.5) is 22.7 Å².